The number of likely N-dealkylation sites (tertiary alicyclic amines) is 1. The van der Waals surface area contributed by atoms with Gasteiger partial charge in [-0.25, -0.2) is 4.98 Å². The number of amides is 1. The number of nitrogens with one attached hydrogen (secondary N) is 1. The van der Waals surface area contributed by atoms with Gasteiger partial charge in [-0.2, -0.15) is 5.10 Å². The summed E-state index contributed by atoms with van der Waals surface area (Å²) in [6.45, 7) is 6.53. The van der Waals surface area contributed by atoms with E-state index in [-0.39, 0.29) is 5.91 Å². The highest BCUT2D eigenvalue weighted by Crippen LogP contribution is 2.30. The van der Waals surface area contributed by atoms with E-state index >= 15 is 0 Å². The molecule has 1 N–H and O–H groups in total. The van der Waals surface area contributed by atoms with Gasteiger partial charge in [0, 0.05) is 37.0 Å². The van der Waals surface area contributed by atoms with E-state index in [1.165, 1.54) is 12.8 Å². The molecule has 4 rings (SSSR count). The minimum Gasteiger partial charge on any atom is -0.477 e. The van der Waals surface area contributed by atoms with Crippen LogP contribution in [0.3, 0.4) is 0 Å². The van der Waals surface area contributed by atoms with Crippen molar-refractivity contribution in [2.75, 3.05) is 19.7 Å². The Bertz CT molecular complexity index is 780. The van der Waals surface area contributed by atoms with Crippen LogP contribution in [0.2, 0.25) is 0 Å². The van der Waals surface area contributed by atoms with Crippen molar-refractivity contribution in [2.24, 2.45) is 5.92 Å². The molecule has 1 atom stereocenters. The molecule has 3 heterocycles. The van der Waals surface area contributed by atoms with E-state index in [2.05, 4.69) is 35.1 Å². The molecule has 2 aromatic heterocycles. The average Bonchev–Trinajstić information content (AvgIpc) is 3.39. The second kappa shape index (κ2) is 7.71. The Hall–Kier alpha value is -2.37. The number of ether oxygens (including phenoxy) is 1. The number of nitrogens with zero attached hydrogens (tertiary/aromatic N) is 3. The summed E-state index contributed by atoms with van der Waals surface area (Å²) in [7, 11) is 0. The van der Waals surface area contributed by atoms with Crippen molar-refractivity contribution >= 4 is 5.91 Å². The second-order valence-electron chi connectivity index (χ2n) is 8.13. The molecule has 1 saturated heterocycles. The fourth-order valence-corrected chi connectivity index (χ4v) is 3.54. The first kappa shape index (κ1) is 18.0. The SMILES string of the molecule is CC(C)c1cc(C2CCCN(C(=O)c3ccc(OCC4CC4)nc3)C2)[nH]n1. The van der Waals surface area contributed by atoms with E-state index in [4.69, 9.17) is 4.74 Å². The summed E-state index contributed by atoms with van der Waals surface area (Å²) in [5, 5.41) is 7.59. The van der Waals surface area contributed by atoms with Crippen molar-refractivity contribution in [3.8, 4) is 5.88 Å². The number of aromatic nitrogens is 3. The van der Waals surface area contributed by atoms with E-state index in [0.717, 1.165) is 43.9 Å². The molecule has 6 nitrogen and oxygen atoms in total. The van der Waals surface area contributed by atoms with Crippen LogP contribution in [-0.4, -0.2) is 45.7 Å². The number of hydrogen-bond donors (Lipinski definition) is 1. The highest BCUT2D eigenvalue weighted by Gasteiger charge is 2.27. The zero-order chi connectivity index (χ0) is 18.8. The minimum atomic E-state index is 0.0459. The quantitative estimate of drug-likeness (QED) is 0.843. The lowest BCUT2D eigenvalue weighted by Crippen LogP contribution is -2.39. The molecule has 0 spiro atoms. The third-order valence-electron chi connectivity index (χ3n) is 5.50. The van der Waals surface area contributed by atoms with Gasteiger partial charge in [0.1, 0.15) is 0 Å². The standard InChI is InChI=1S/C21H28N4O2/c1-14(2)18-10-19(24-23-18)17-4-3-9-25(12-17)21(26)16-7-8-20(22-11-16)27-13-15-5-6-15/h7-8,10-11,14-15,17H,3-6,9,12-13H2,1-2H3,(H,23,24). The Labute approximate surface area is 160 Å². The molecule has 2 aromatic rings. The Morgan fingerprint density at radius 2 is 2.19 bits per heavy atom. The van der Waals surface area contributed by atoms with Crippen LogP contribution in [0.5, 0.6) is 5.88 Å². The molecule has 2 aliphatic rings. The van der Waals surface area contributed by atoms with Crippen molar-refractivity contribution in [2.45, 2.75) is 51.4 Å². The predicted molar refractivity (Wildman–Crippen MR) is 103 cm³/mol. The van der Waals surface area contributed by atoms with E-state index < -0.39 is 0 Å². The molecule has 0 radical (unpaired) electrons. The van der Waals surface area contributed by atoms with Gasteiger partial charge in [0.15, 0.2) is 0 Å². The largest absolute Gasteiger partial charge is 0.477 e. The third-order valence-corrected chi connectivity index (χ3v) is 5.50. The smallest absolute Gasteiger partial charge is 0.255 e. The molecule has 1 aliphatic heterocycles. The minimum absolute atomic E-state index is 0.0459. The van der Waals surface area contributed by atoms with Crippen LogP contribution in [0.15, 0.2) is 24.4 Å². The number of carbonyl (C=O) groups excluding carboxylic acids is 1. The first-order chi connectivity index (χ1) is 13.1. The molecule has 1 unspecified atom stereocenters. The predicted octanol–water partition coefficient (Wildman–Crippen LogP) is 3.74. The Kier molecular flexibility index (Phi) is 5.14. The van der Waals surface area contributed by atoms with Gasteiger partial charge >= 0.3 is 0 Å². The maximum atomic E-state index is 12.9. The molecular weight excluding hydrogens is 340 g/mol. The summed E-state index contributed by atoms with van der Waals surface area (Å²) in [6.07, 6.45) is 6.22. The molecule has 144 valence electrons. The number of carbonyl (C=O) groups is 1. The van der Waals surface area contributed by atoms with Crippen molar-refractivity contribution in [1.82, 2.24) is 20.1 Å². The maximum absolute atomic E-state index is 12.9. The van der Waals surface area contributed by atoms with Crippen LogP contribution in [0, 0.1) is 5.92 Å². The van der Waals surface area contributed by atoms with E-state index in [0.29, 0.717) is 29.2 Å². The summed E-state index contributed by atoms with van der Waals surface area (Å²) in [6, 6.07) is 5.78. The molecule has 0 bridgehead atoms. The number of H-pyrrole nitrogens is 1. The van der Waals surface area contributed by atoms with Gasteiger partial charge in [-0.05, 0) is 49.7 Å². The summed E-state index contributed by atoms with van der Waals surface area (Å²) < 4.78 is 5.66. The van der Waals surface area contributed by atoms with Gasteiger partial charge in [-0.3, -0.25) is 9.89 Å². The van der Waals surface area contributed by atoms with Crippen molar-refractivity contribution < 1.29 is 9.53 Å². The van der Waals surface area contributed by atoms with Gasteiger partial charge in [0.25, 0.3) is 5.91 Å². The normalized spacial score (nSPS) is 20.1. The summed E-state index contributed by atoms with van der Waals surface area (Å²) in [4.78, 5) is 19.1. The highest BCUT2D eigenvalue weighted by atomic mass is 16.5. The molecule has 1 amide bonds. The molecular formula is C21H28N4O2. The Morgan fingerprint density at radius 1 is 1.33 bits per heavy atom. The topological polar surface area (TPSA) is 71.1 Å². The summed E-state index contributed by atoms with van der Waals surface area (Å²) in [5.41, 5.74) is 2.85. The third kappa shape index (κ3) is 4.31. The molecule has 1 saturated carbocycles. The van der Waals surface area contributed by atoms with Crippen LogP contribution >= 0.6 is 0 Å². The lowest BCUT2D eigenvalue weighted by Gasteiger charge is -2.32. The average molecular weight is 368 g/mol. The highest BCUT2D eigenvalue weighted by molar-refractivity contribution is 5.94. The number of aromatic amines is 1. The molecule has 27 heavy (non-hydrogen) atoms. The molecule has 0 aromatic carbocycles. The Morgan fingerprint density at radius 3 is 2.85 bits per heavy atom. The van der Waals surface area contributed by atoms with Crippen molar-refractivity contribution in [1.29, 1.82) is 0 Å². The second-order valence-corrected chi connectivity index (χ2v) is 8.13. The zero-order valence-corrected chi connectivity index (χ0v) is 16.1. The zero-order valence-electron chi connectivity index (χ0n) is 16.1. The summed E-state index contributed by atoms with van der Waals surface area (Å²) in [5.74, 6) is 2.06. The number of pyridine rings is 1. The molecule has 6 heteroatoms. The van der Waals surface area contributed by atoms with Crippen LogP contribution < -0.4 is 4.74 Å². The van der Waals surface area contributed by atoms with Crippen LogP contribution in [0.4, 0.5) is 0 Å². The van der Waals surface area contributed by atoms with E-state index in [9.17, 15) is 4.79 Å². The molecule has 2 fully saturated rings. The first-order valence-electron chi connectivity index (χ1n) is 10.0. The first-order valence-corrected chi connectivity index (χ1v) is 10.0. The number of hydrogen-bond acceptors (Lipinski definition) is 4. The lowest BCUT2D eigenvalue weighted by atomic mass is 9.93. The van der Waals surface area contributed by atoms with Gasteiger partial charge in [0.2, 0.25) is 5.88 Å². The van der Waals surface area contributed by atoms with Gasteiger partial charge in [-0.1, -0.05) is 13.8 Å². The van der Waals surface area contributed by atoms with Crippen molar-refractivity contribution in [3.05, 3.63) is 41.3 Å². The van der Waals surface area contributed by atoms with Crippen molar-refractivity contribution in [3.63, 3.8) is 0 Å². The summed E-state index contributed by atoms with van der Waals surface area (Å²) >= 11 is 0. The molecule has 1 aliphatic carbocycles. The van der Waals surface area contributed by atoms with Crippen LogP contribution in [0.25, 0.3) is 0 Å². The maximum Gasteiger partial charge on any atom is 0.255 e. The monoisotopic (exact) mass is 368 g/mol. The fraction of sp³-hybridized carbons (Fsp3) is 0.571. The van der Waals surface area contributed by atoms with Gasteiger partial charge in [-0.15, -0.1) is 0 Å². The Balaban J connectivity index is 1.38. The lowest BCUT2D eigenvalue weighted by molar-refractivity contribution is 0.0705. The van der Waals surface area contributed by atoms with Gasteiger partial charge < -0.3 is 9.64 Å². The number of piperidine rings is 1. The fourth-order valence-electron chi connectivity index (χ4n) is 3.54. The number of rotatable bonds is 6. The van der Waals surface area contributed by atoms with Gasteiger partial charge in [0.05, 0.1) is 17.9 Å². The van der Waals surface area contributed by atoms with E-state index in [1.54, 1.807) is 12.3 Å². The van der Waals surface area contributed by atoms with Crippen LogP contribution in [-0.2, 0) is 0 Å². The van der Waals surface area contributed by atoms with Crippen LogP contribution in [0.1, 0.15) is 73.1 Å². The van der Waals surface area contributed by atoms with E-state index in [1.807, 2.05) is 11.0 Å².